The first kappa shape index (κ1) is 19.4. The number of hydrogen-bond acceptors (Lipinski definition) is 5. The summed E-state index contributed by atoms with van der Waals surface area (Å²) in [5.74, 6) is -0.543. The molecule has 1 amide bonds. The van der Waals surface area contributed by atoms with E-state index >= 15 is 0 Å². The van der Waals surface area contributed by atoms with Crippen LogP contribution in [0.2, 0.25) is 0 Å². The number of aryl methyl sites for hydroxylation is 1. The lowest BCUT2D eigenvalue weighted by Crippen LogP contribution is -2.14. The average Bonchev–Trinajstić information content (AvgIpc) is 2.97. The molecule has 27 heavy (non-hydrogen) atoms. The van der Waals surface area contributed by atoms with Crippen LogP contribution in [0.3, 0.4) is 0 Å². The molecule has 0 aliphatic heterocycles. The lowest BCUT2D eigenvalue weighted by atomic mass is 10.1. The van der Waals surface area contributed by atoms with Gasteiger partial charge in [0.15, 0.2) is 4.80 Å². The summed E-state index contributed by atoms with van der Waals surface area (Å²) in [5, 5.41) is 0. The molecule has 3 aromatic rings. The molecule has 3 rings (SSSR count). The molecule has 0 fully saturated rings. The van der Waals surface area contributed by atoms with E-state index in [4.69, 9.17) is 4.74 Å². The van der Waals surface area contributed by atoms with Crippen molar-refractivity contribution < 1.29 is 14.3 Å². The van der Waals surface area contributed by atoms with E-state index in [9.17, 15) is 9.59 Å². The van der Waals surface area contributed by atoms with Gasteiger partial charge < -0.3 is 9.30 Å². The number of carbonyl (C=O) groups is 2. The third-order valence-electron chi connectivity index (χ3n) is 4.06. The van der Waals surface area contributed by atoms with E-state index in [-0.39, 0.29) is 18.3 Å². The lowest BCUT2D eigenvalue weighted by Gasteiger charge is -2.01. The number of ether oxygens (including phenoxy) is 1. The third-order valence-corrected chi connectivity index (χ3v) is 5.89. The van der Waals surface area contributed by atoms with Gasteiger partial charge in [-0.05, 0) is 49.1 Å². The predicted octanol–water partition coefficient (Wildman–Crippen LogP) is 3.81. The van der Waals surface area contributed by atoms with Crippen LogP contribution in [0.1, 0.15) is 22.8 Å². The van der Waals surface area contributed by atoms with Crippen LogP contribution >= 0.6 is 23.1 Å². The predicted molar refractivity (Wildman–Crippen MR) is 109 cm³/mol. The fraction of sp³-hybridized carbons (Fsp3) is 0.250. The number of hydrogen-bond donors (Lipinski definition) is 0. The molecule has 0 aliphatic carbocycles. The van der Waals surface area contributed by atoms with E-state index in [0.29, 0.717) is 17.0 Å². The first-order chi connectivity index (χ1) is 13.0. The first-order valence-electron chi connectivity index (χ1n) is 8.49. The Kier molecular flexibility index (Phi) is 6.13. The van der Waals surface area contributed by atoms with Gasteiger partial charge in [0.1, 0.15) is 0 Å². The van der Waals surface area contributed by atoms with E-state index in [0.717, 1.165) is 20.7 Å². The minimum Gasteiger partial charge on any atom is -0.462 e. The number of amides is 1. The molecule has 0 radical (unpaired) electrons. The van der Waals surface area contributed by atoms with Crippen LogP contribution in [0.4, 0.5) is 0 Å². The molecule has 0 saturated heterocycles. The fourth-order valence-corrected chi connectivity index (χ4v) is 4.13. The Morgan fingerprint density at radius 2 is 1.93 bits per heavy atom. The second-order valence-corrected chi connectivity index (χ2v) is 7.77. The SMILES string of the molecule is CCOC(=O)c1ccc2c(c1)sc(=NC(=O)Cc1ccc(SC)cc1)n2C. The largest absolute Gasteiger partial charge is 0.462 e. The topological polar surface area (TPSA) is 60.7 Å². The molecule has 0 unspecified atom stereocenters. The van der Waals surface area contributed by atoms with Gasteiger partial charge in [0.25, 0.3) is 5.91 Å². The lowest BCUT2D eigenvalue weighted by molar-refractivity contribution is -0.117. The number of nitrogens with zero attached hydrogens (tertiary/aromatic N) is 2. The molecule has 7 heteroatoms. The second-order valence-electron chi connectivity index (χ2n) is 5.88. The smallest absolute Gasteiger partial charge is 0.338 e. The molecule has 5 nitrogen and oxygen atoms in total. The molecular formula is C20H20N2O3S2. The maximum Gasteiger partial charge on any atom is 0.338 e. The quantitative estimate of drug-likeness (QED) is 0.483. The Bertz CT molecular complexity index is 1050. The van der Waals surface area contributed by atoms with Gasteiger partial charge >= 0.3 is 5.97 Å². The highest BCUT2D eigenvalue weighted by Crippen LogP contribution is 2.19. The maximum absolute atomic E-state index is 12.4. The minimum atomic E-state index is -0.348. The number of benzene rings is 2. The number of aromatic nitrogens is 1. The number of esters is 1. The van der Waals surface area contributed by atoms with Crippen LogP contribution in [0.15, 0.2) is 52.4 Å². The van der Waals surface area contributed by atoms with E-state index in [1.165, 1.54) is 11.3 Å². The van der Waals surface area contributed by atoms with Gasteiger partial charge in [-0.2, -0.15) is 4.99 Å². The number of thiazole rings is 1. The van der Waals surface area contributed by atoms with Crippen LogP contribution in [0, 0.1) is 0 Å². The van der Waals surface area contributed by atoms with Crippen molar-refractivity contribution in [3.8, 4) is 0 Å². The minimum absolute atomic E-state index is 0.195. The zero-order chi connectivity index (χ0) is 19.4. The molecule has 0 saturated carbocycles. The van der Waals surface area contributed by atoms with Crippen LogP contribution in [0.5, 0.6) is 0 Å². The van der Waals surface area contributed by atoms with Crippen LogP contribution in [0.25, 0.3) is 10.2 Å². The van der Waals surface area contributed by atoms with Gasteiger partial charge in [0, 0.05) is 11.9 Å². The summed E-state index contributed by atoms with van der Waals surface area (Å²) in [5.41, 5.74) is 2.36. The summed E-state index contributed by atoms with van der Waals surface area (Å²) in [6.45, 7) is 2.11. The monoisotopic (exact) mass is 400 g/mol. The summed E-state index contributed by atoms with van der Waals surface area (Å²) in [6.07, 6.45) is 2.28. The Morgan fingerprint density at radius 3 is 2.59 bits per heavy atom. The van der Waals surface area contributed by atoms with Crippen LogP contribution in [-0.2, 0) is 23.0 Å². The molecule has 2 aromatic carbocycles. The number of thioether (sulfide) groups is 1. The summed E-state index contributed by atoms with van der Waals surface area (Å²) < 4.78 is 7.79. The van der Waals surface area contributed by atoms with Crippen molar-refractivity contribution in [3.63, 3.8) is 0 Å². The summed E-state index contributed by atoms with van der Waals surface area (Å²) >= 11 is 3.05. The maximum atomic E-state index is 12.4. The van der Waals surface area contributed by atoms with Crippen molar-refractivity contribution in [2.75, 3.05) is 12.9 Å². The van der Waals surface area contributed by atoms with Crippen molar-refractivity contribution in [2.45, 2.75) is 18.2 Å². The van der Waals surface area contributed by atoms with Crippen molar-refractivity contribution in [3.05, 3.63) is 58.4 Å². The normalized spacial score (nSPS) is 11.7. The highest BCUT2D eigenvalue weighted by molar-refractivity contribution is 7.98. The molecule has 0 aliphatic rings. The Morgan fingerprint density at radius 1 is 1.19 bits per heavy atom. The number of carbonyl (C=O) groups excluding carboxylic acids is 2. The van der Waals surface area contributed by atoms with Crippen molar-refractivity contribution in [2.24, 2.45) is 12.0 Å². The molecule has 0 bridgehead atoms. The van der Waals surface area contributed by atoms with Crippen LogP contribution in [-0.4, -0.2) is 29.3 Å². The van der Waals surface area contributed by atoms with Crippen LogP contribution < -0.4 is 4.80 Å². The van der Waals surface area contributed by atoms with Gasteiger partial charge in [-0.25, -0.2) is 4.79 Å². The zero-order valence-electron chi connectivity index (χ0n) is 15.4. The van der Waals surface area contributed by atoms with E-state index in [2.05, 4.69) is 4.99 Å². The molecule has 0 N–H and O–H groups in total. The Balaban J connectivity index is 1.87. The zero-order valence-corrected chi connectivity index (χ0v) is 17.0. The molecule has 1 aromatic heterocycles. The van der Waals surface area contributed by atoms with E-state index < -0.39 is 0 Å². The van der Waals surface area contributed by atoms with Crippen molar-refractivity contribution in [1.82, 2.24) is 4.57 Å². The summed E-state index contributed by atoms with van der Waals surface area (Å²) in [7, 11) is 1.86. The molecule has 140 valence electrons. The highest BCUT2D eigenvalue weighted by atomic mass is 32.2. The van der Waals surface area contributed by atoms with E-state index in [1.54, 1.807) is 30.8 Å². The standard InChI is InChI=1S/C20H20N2O3S2/c1-4-25-19(24)14-7-10-16-17(12-14)27-20(22(16)2)21-18(23)11-13-5-8-15(26-3)9-6-13/h5-10,12H,4,11H2,1-3H3. The summed E-state index contributed by atoms with van der Waals surface area (Å²) in [6, 6.07) is 13.3. The number of fused-ring (bicyclic) bond motifs is 1. The van der Waals surface area contributed by atoms with Gasteiger partial charge in [-0.15, -0.1) is 11.8 Å². The molecular weight excluding hydrogens is 380 g/mol. The third kappa shape index (κ3) is 4.48. The van der Waals surface area contributed by atoms with Gasteiger partial charge in [-0.3, -0.25) is 4.79 Å². The van der Waals surface area contributed by atoms with Crippen molar-refractivity contribution >= 4 is 45.2 Å². The summed E-state index contributed by atoms with van der Waals surface area (Å²) in [4.78, 5) is 30.3. The van der Waals surface area contributed by atoms with Gasteiger partial charge in [-0.1, -0.05) is 23.5 Å². The highest BCUT2D eigenvalue weighted by Gasteiger charge is 2.11. The van der Waals surface area contributed by atoms with E-state index in [1.807, 2.05) is 48.2 Å². The Labute approximate surface area is 165 Å². The average molecular weight is 401 g/mol. The Hall–Kier alpha value is -2.38. The fourth-order valence-electron chi connectivity index (χ4n) is 2.65. The van der Waals surface area contributed by atoms with Gasteiger partial charge in [0.05, 0.1) is 28.8 Å². The number of rotatable bonds is 5. The molecule has 0 spiro atoms. The molecule has 0 atom stereocenters. The molecule has 1 heterocycles. The first-order valence-corrected chi connectivity index (χ1v) is 10.5. The van der Waals surface area contributed by atoms with Crippen molar-refractivity contribution in [1.29, 1.82) is 0 Å². The second kappa shape index (κ2) is 8.54. The van der Waals surface area contributed by atoms with Gasteiger partial charge in [0.2, 0.25) is 0 Å².